The second kappa shape index (κ2) is 6.83. The van der Waals surface area contributed by atoms with Crippen LogP contribution in [0.4, 0.5) is 0 Å². The van der Waals surface area contributed by atoms with Crippen LogP contribution in [0.3, 0.4) is 0 Å². The fourth-order valence-corrected chi connectivity index (χ4v) is 2.36. The molecule has 0 radical (unpaired) electrons. The number of nitrogens with one attached hydrogen (secondary N) is 1. The molecule has 5 nitrogen and oxygen atoms in total. The van der Waals surface area contributed by atoms with Gasteiger partial charge in [0, 0.05) is 25.7 Å². The molecule has 0 aromatic rings. The third-order valence-electron chi connectivity index (χ3n) is 3.11. The van der Waals surface area contributed by atoms with Gasteiger partial charge in [-0.2, -0.15) is 0 Å². The molecule has 0 bridgehead atoms. The van der Waals surface area contributed by atoms with Crippen LogP contribution in [0.1, 0.15) is 19.8 Å². The van der Waals surface area contributed by atoms with Crippen LogP contribution in [0.15, 0.2) is 0 Å². The van der Waals surface area contributed by atoms with E-state index in [0.717, 1.165) is 25.9 Å². The van der Waals surface area contributed by atoms with Gasteiger partial charge in [0.2, 0.25) is 5.91 Å². The first-order valence-electron chi connectivity index (χ1n) is 6.00. The van der Waals surface area contributed by atoms with Crippen LogP contribution in [-0.4, -0.2) is 54.7 Å². The monoisotopic (exact) mass is 229 g/mol. The molecule has 0 saturated carbocycles. The zero-order valence-electron chi connectivity index (χ0n) is 9.98. The maximum atomic E-state index is 10.9. The second-order valence-corrected chi connectivity index (χ2v) is 4.55. The van der Waals surface area contributed by atoms with Crippen molar-refractivity contribution >= 4 is 5.91 Å². The number of likely N-dealkylation sites (tertiary alicyclic amines) is 1. The van der Waals surface area contributed by atoms with Crippen LogP contribution < -0.4 is 11.1 Å². The molecule has 16 heavy (non-hydrogen) atoms. The maximum absolute atomic E-state index is 10.9. The van der Waals surface area contributed by atoms with Gasteiger partial charge in [0.15, 0.2) is 0 Å². The molecule has 2 atom stereocenters. The molecule has 4 N–H and O–H groups in total. The first kappa shape index (κ1) is 13.4. The first-order chi connectivity index (χ1) is 7.65. The number of aliphatic hydroxyl groups excluding tert-OH is 1. The third-order valence-corrected chi connectivity index (χ3v) is 3.11. The number of aliphatic hydroxyl groups is 1. The quantitative estimate of drug-likeness (QED) is 0.554. The molecule has 2 unspecified atom stereocenters. The van der Waals surface area contributed by atoms with E-state index in [1.165, 1.54) is 0 Å². The zero-order chi connectivity index (χ0) is 12.0. The third kappa shape index (κ3) is 4.47. The minimum absolute atomic E-state index is 0.156. The Kier molecular flexibility index (Phi) is 5.73. The number of hydrogen-bond donors (Lipinski definition) is 3. The standard InChI is InChI=1S/C11H23N3O2/c1-2-9-5-10(13-3-4-15)7-14(6-9)8-11(12)16/h9-10,13,15H,2-8H2,1H3,(H2,12,16). The van der Waals surface area contributed by atoms with Gasteiger partial charge in [0.25, 0.3) is 0 Å². The summed E-state index contributed by atoms with van der Waals surface area (Å²) >= 11 is 0. The summed E-state index contributed by atoms with van der Waals surface area (Å²) in [5.74, 6) is 0.349. The largest absolute Gasteiger partial charge is 0.395 e. The van der Waals surface area contributed by atoms with Crippen molar-refractivity contribution in [2.45, 2.75) is 25.8 Å². The van der Waals surface area contributed by atoms with Crippen molar-refractivity contribution in [2.24, 2.45) is 11.7 Å². The average molecular weight is 229 g/mol. The Morgan fingerprint density at radius 1 is 1.56 bits per heavy atom. The van der Waals surface area contributed by atoms with Gasteiger partial charge in [-0.3, -0.25) is 9.69 Å². The van der Waals surface area contributed by atoms with Gasteiger partial charge in [0.05, 0.1) is 13.2 Å². The van der Waals surface area contributed by atoms with Crippen LogP contribution in [0.2, 0.25) is 0 Å². The van der Waals surface area contributed by atoms with E-state index >= 15 is 0 Å². The van der Waals surface area contributed by atoms with E-state index in [9.17, 15) is 4.79 Å². The maximum Gasteiger partial charge on any atom is 0.231 e. The Labute approximate surface area is 97.0 Å². The topological polar surface area (TPSA) is 78.6 Å². The molecule has 1 heterocycles. The van der Waals surface area contributed by atoms with E-state index in [4.69, 9.17) is 10.8 Å². The summed E-state index contributed by atoms with van der Waals surface area (Å²) in [6, 6.07) is 0.366. The fourth-order valence-electron chi connectivity index (χ4n) is 2.36. The van der Waals surface area contributed by atoms with Gasteiger partial charge in [-0.15, -0.1) is 0 Å². The molecule has 1 saturated heterocycles. The van der Waals surface area contributed by atoms with E-state index < -0.39 is 0 Å². The van der Waals surface area contributed by atoms with Crippen molar-refractivity contribution in [1.29, 1.82) is 0 Å². The Bertz CT molecular complexity index is 223. The number of carbonyl (C=O) groups excluding carboxylic acids is 1. The molecular formula is C11H23N3O2. The van der Waals surface area contributed by atoms with Crippen molar-refractivity contribution in [3.8, 4) is 0 Å². The van der Waals surface area contributed by atoms with Gasteiger partial charge < -0.3 is 16.2 Å². The van der Waals surface area contributed by atoms with E-state index in [-0.39, 0.29) is 12.5 Å². The number of amides is 1. The molecule has 0 aromatic heterocycles. The summed E-state index contributed by atoms with van der Waals surface area (Å²) in [6.07, 6.45) is 2.23. The van der Waals surface area contributed by atoms with Crippen LogP contribution in [0.25, 0.3) is 0 Å². The summed E-state index contributed by atoms with van der Waals surface area (Å²) in [6.45, 7) is 5.08. The van der Waals surface area contributed by atoms with E-state index in [2.05, 4.69) is 17.1 Å². The Morgan fingerprint density at radius 2 is 2.31 bits per heavy atom. The molecule has 1 rings (SSSR count). The van der Waals surface area contributed by atoms with E-state index in [0.29, 0.717) is 25.0 Å². The second-order valence-electron chi connectivity index (χ2n) is 4.55. The minimum Gasteiger partial charge on any atom is -0.395 e. The van der Waals surface area contributed by atoms with Gasteiger partial charge >= 0.3 is 0 Å². The predicted octanol–water partition coefficient (Wildman–Crippen LogP) is -0.846. The molecule has 1 fully saturated rings. The molecular weight excluding hydrogens is 206 g/mol. The summed E-state index contributed by atoms with van der Waals surface area (Å²) < 4.78 is 0. The smallest absolute Gasteiger partial charge is 0.231 e. The minimum atomic E-state index is -0.266. The van der Waals surface area contributed by atoms with Crippen LogP contribution in [0.5, 0.6) is 0 Å². The summed E-state index contributed by atoms with van der Waals surface area (Å²) in [5.41, 5.74) is 5.21. The number of hydrogen-bond acceptors (Lipinski definition) is 4. The summed E-state index contributed by atoms with van der Waals surface area (Å²) in [7, 11) is 0. The Morgan fingerprint density at radius 3 is 2.88 bits per heavy atom. The number of nitrogens with two attached hydrogens (primary N) is 1. The van der Waals surface area contributed by atoms with Crippen LogP contribution in [0, 0.1) is 5.92 Å². The Balaban J connectivity index is 2.43. The number of primary amides is 1. The number of rotatable bonds is 6. The van der Waals surface area contributed by atoms with Crippen molar-refractivity contribution in [1.82, 2.24) is 10.2 Å². The lowest BCUT2D eigenvalue weighted by atomic mass is 9.92. The van der Waals surface area contributed by atoms with Crippen molar-refractivity contribution in [3.05, 3.63) is 0 Å². The highest BCUT2D eigenvalue weighted by Gasteiger charge is 2.26. The van der Waals surface area contributed by atoms with Gasteiger partial charge in [-0.05, 0) is 12.3 Å². The number of carbonyl (C=O) groups is 1. The molecule has 0 spiro atoms. The predicted molar refractivity (Wildman–Crippen MR) is 62.9 cm³/mol. The highest BCUT2D eigenvalue weighted by Crippen LogP contribution is 2.19. The fraction of sp³-hybridized carbons (Fsp3) is 0.909. The molecule has 0 aliphatic carbocycles. The van der Waals surface area contributed by atoms with Crippen molar-refractivity contribution < 1.29 is 9.90 Å². The highest BCUT2D eigenvalue weighted by molar-refractivity contribution is 5.75. The van der Waals surface area contributed by atoms with Gasteiger partial charge in [-0.1, -0.05) is 13.3 Å². The number of piperidine rings is 1. The molecule has 1 amide bonds. The summed E-state index contributed by atoms with van der Waals surface area (Å²) in [5, 5.41) is 12.1. The van der Waals surface area contributed by atoms with Gasteiger partial charge in [-0.25, -0.2) is 0 Å². The lowest BCUT2D eigenvalue weighted by Gasteiger charge is -2.37. The highest BCUT2D eigenvalue weighted by atomic mass is 16.3. The number of nitrogens with zero attached hydrogens (tertiary/aromatic N) is 1. The lowest BCUT2D eigenvalue weighted by molar-refractivity contribution is -0.119. The SMILES string of the molecule is CCC1CC(NCCO)CN(CC(N)=O)C1. The normalized spacial score (nSPS) is 26.9. The molecule has 1 aliphatic rings. The van der Waals surface area contributed by atoms with Crippen molar-refractivity contribution in [3.63, 3.8) is 0 Å². The van der Waals surface area contributed by atoms with Crippen molar-refractivity contribution in [2.75, 3.05) is 32.8 Å². The van der Waals surface area contributed by atoms with Gasteiger partial charge in [0.1, 0.15) is 0 Å². The molecule has 0 aromatic carbocycles. The molecule has 5 heteroatoms. The molecule has 1 aliphatic heterocycles. The lowest BCUT2D eigenvalue weighted by Crippen LogP contribution is -2.51. The first-order valence-corrected chi connectivity index (χ1v) is 6.00. The van der Waals surface area contributed by atoms with E-state index in [1.54, 1.807) is 0 Å². The Hall–Kier alpha value is -0.650. The average Bonchev–Trinajstić information content (AvgIpc) is 2.25. The molecule has 94 valence electrons. The van der Waals surface area contributed by atoms with Crippen LogP contribution >= 0.6 is 0 Å². The van der Waals surface area contributed by atoms with Crippen LogP contribution in [-0.2, 0) is 4.79 Å². The summed E-state index contributed by atoms with van der Waals surface area (Å²) in [4.78, 5) is 13.0. The van der Waals surface area contributed by atoms with E-state index in [1.807, 2.05) is 0 Å². The zero-order valence-corrected chi connectivity index (χ0v) is 9.98.